The molecule has 19 heavy (non-hydrogen) atoms. The summed E-state index contributed by atoms with van der Waals surface area (Å²) in [5.41, 5.74) is 1.30. The first-order valence-electron chi connectivity index (χ1n) is 5.92. The van der Waals surface area contributed by atoms with Crippen molar-refractivity contribution in [3.05, 3.63) is 23.2 Å². The molecule has 0 aliphatic rings. The SMILES string of the molecule is CSCCCCNc1ccc(NS(C)(=O)=O)c(Cl)c1. The van der Waals surface area contributed by atoms with Crippen molar-refractivity contribution in [2.45, 2.75) is 12.8 Å². The van der Waals surface area contributed by atoms with Crippen LogP contribution >= 0.6 is 23.4 Å². The summed E-state index contributed by atoms with van der Waals surface area (Å²) in [5, 5.41) is 3.65. The van der Waals surface area contributed by atoms with Crippen LogP contribution in [0.4, 0.5) is 11.4 Å². The first-order valence-corrected chi connectivity index (χ1v) is 9.59. The van der Waals surface area contributed by atoms with E-state index in [1.807, 2.05) is 17.8 Å². The summed E-state index contributed by atoms with van der Waals surface area (Å²) in [4.78, 5) is 0. The Balaban J connectivity index is 2.52. The lowest BCUT2D eigenvalue weighted by atomic mass is 10.2. The molecule has 108 valence electrons. The quantitative estimate of drug-likeness (QED) is 0.721. The maximum atomic E-state index is 11.1. The van der Waals surface area contributed by atoms with Crippen molar-refractivity contribution in [3.8, 4) is 0 Å². The van der Waals surface area contributed by atoms with E-state index in [4.69, 9.17) is 11.6 Å². The number of nitrogens with one attached hydrogen (secondary N) is 2. The Morgan fingerprint density at radius 1 is 1.32 bits per heavy atom. The molecule has 0 aliphatic carbocycles. The Kier molecular flexibility index (Phi) is 6.82. The lowest BCUT2D eigenvalue weighted by Crippen LogP contribution is -2.10. The predicted octanol–water partition coefficient (Wildman–Crippen LogP) is 3.27. The number of benzene rings is 1. The summed E-state index contributed by atoms with van der Waals surface area (Å²) in [7, 11) is -3.30. The van der Waals surface area contributed by atoms with E-state index in [2.05, 4.69) is 16.3 Å². The molecule has 0 heterocycles. The van der Waals surface area contributed by atoms with Gasteiger partial charge >= 0.3 is 0 Å². The van der Waals surface area contributed by atoms with Crippen molar-refractivity contribution in [1.29, 1.82) is 0 Å². The highest BCUT2D eigenvalue weighted by molar-refractivity contribution is 7.98. The summed E-state index contributed by atoms with van der Waals surface area (Å²) < 4.78 is 24.6. The number of sulfonamides is 1. The monoisotopic (exact) mass is 322 g/mol. The number of hydrogen-bond acceptors (Lipinski definition) is 4. The summed E-state index contributed by atoms with van der Waals surface area (Å²) >= 11 is 7.87. The first-order chi connectivity index (χ1) is 8.92. The molecular weight excluding hydrogens is 304 g/mol. The average Bonchev–Trinajstić information content (AvgIpc) is 2.31. The minimum absolute atomic E-state index is 0.388. The van der Waals surface area contributed by atoms with E-state index < -0.39 is 10.0 Å². The predicted molar refractivity (Wildman–Crippen MR) is 86.0 cm³/mol. The van der Waals surface area contributed by atoms with Gasteiger partial charge in [-0.1, -0.05) is 11.6 Å². The van der Waals surface area contributed by atoms with Gasteiger partial charge in [-0.25, -0.2) is 8.42 Å². The van der Waals surface area contributed by atoms with Gasteiger partial charge < -0.3 is 5.32 Å². The van der Waals surface area contributed by atoms with Crippen LogP contribution in [0.15, 0.2) is 18.2 Å². The van der Waals surface area contributed by atoms with E-state index in [1.165, 1.54) is 12.2 Å². The van der Waals surface area contributed by atoms with Crippen LogP contribution in [0.25, 0.3) is 0 Å². The second-order valence-corrected chi connectivity index (χ2v) is 7.34. The molecule has 0 atom stereocenters. The number of halogens is 1. The smallest absolute Gasteiger partial charge is 0.229 e. The van der Waals surface area contributed by atoms with Gasteiger partial charge in [0.2, 0.25) is 10.0 Å². The lowest BCUT2D eigenvalue weighted by Gasteiger charge is -2.10. The molecule has 0 fully saturated rings. The summed E-state index contributed by atoms with van der Waals surface area (Å²) in [6, 6.07) is 5.20. The van der Waals surface area contributed by atoms with Gasteiger partial charge in [-0.3, -0.25) is 4.72 Å². The molecule has 0 aromatic heterocycles. The van der Waals surface area contributed by atoms with Crippen molar-refractivity contribution >= 4 is 44.8 Å². The molecule has 0 aliphatic heterocycles. The zero-order valence-electron chi connectivity index (χ0n) is 11.1. The van der Waals surface area contributed by atoms with Crippen molar-refractivity contribution < 1.29 is 8.42 Å². The number of thioether (sulfide) groups is 1. The van der Waals surface area contributed by atoms with Gasteiger partial charge in [0, 0.05) is 12.2 Å². The second-order valence-electron chi connectivity index (χ2n) is 4.20. The third-order valence-electron chi connectivity index (χ3n) is 2.37. The van der Waals surface area contributed by atoms with Crippen LogP contribution in [0.2, 0.25) is 5.02 Å². The molecule has 1 aromatic carbocycles. The van der Waals surface area contributed by atoms with Gasteiger partial charge in [0.1, 0.15) is 0 Å². The molecule has 0 bridgehead atoms. The highest BCUT2D eigenvalue weighted by Gasteiger charge is 2.06. The van der Waals surface area contributed by atoms with E-state index in [9.17, 15) is 8.42 Å². The number of hydrogen-bond donors (Lipinski definition) is 2. The van der Waals surface area contributed by atoms with Crippen LogP contribution < -0.4 is 10.0 Å². The topological polar surface area (TPSA) is 58.2 Å². The van der Waals surface area contributed by atoms with E-state index in [-0.39, 0.29) is 0 Å². The van der Waals surface area contributed by atoms with Crippen LogP contribution in [0.5, 0.6) is 0 Å². The molecule has 0 unspecified atom stereocenters. The average molecular weight is 323 g/mol. The molecule has 0 spiro atoms. The third-order valence-corrected chi connectivity index (χ3v) is 3.97. The molecule has 0 saturated heterocycles. The van der Waals surface area contributed by atoms with Crippen LogP contribution in [0, 0.1) is 0 Å². The minimum Gasteiger partial charge on any atom is -0.385 e. The Bertz CT molecular complexity index is 506. The second kappa shape index (κ2) is 7.87. The van der Waals surface area contributed by atoms with Gasteiger partial charge in [-0.05, 0) is 43.0 Å². The fourth-order valence-corrected chi connectivity index (χ4v) is 2.87. The Labute approximate surface area is 124 Å². The normalized spacial score (nSPS) is 11.3. The largest absolute Gasteiger partial charge is 0.385 e. The Morgan fingerprint density at radius 3 is 2.63 bits per heavy atom. The van der Waals surface area contributed by atoms with Gasteiger partial charge in [0.25, 0.3) is 0 Å². The van der Waals surface area contributed by atoms with Crippen molar-refractivity contribution in [1.82, 2.24) is 0 Å². The maximum absolute atomic E-state index is 11.1. The van der Waals surface area contributed by atoms with Gasteiger partial charge in [0.05, 0.1) is 17.0 Å². The van der Waals surface area contributed by atoms with Crippen LogP contribution in [0.1, 0.15) is 12.8 Å². The molecule has 7 heteroatoms. The van der Waals surface area contributed by atoms with Gasteiger partial charge in [-0.15, -0.1) is 0 Å². The first kappa shape index (κ1) is 16.5. The maximum Gasteiger partial charge on any atom is 0.229 e. The molecule has 2 N–H and O–H groups in total. The summed E-state index contributed by atoms with van der Waals surface area (Å²) in [5.74, 6) is 1.17. The molecule has 1 rings (SSSR count). The summed E-state index contributed by atoms with van der Waals surface area (Å²) in [6.45, 7) is 0.885. The Hall–Kier alpha value is -0.590. The summed E-state index contributed by atoms with van der Waals surface area (Å²) in [6.07, 6.45) is 5.47. The van der Waals surface area contributed by atoms with Crippen molar-refractivity contribution in [2.24, 2.45) is 0 Å². The lowest BCUT2D eigenvalue weighted by molar-refractivity contribution is 0.607. The third kappa shape index (κ3) is 6.94. The molecular formula is C12H19ClN2O2S2. The fraction of sp³-hybridized carbons (Fsp3) is 0.500. The van der Waals surface area contributed by atoms with E-state index in [1.54, 1.807) is 12.1 Å². The molecule has 1 aromatic rings. The van der Waals surface area contributed by atoms with E-state index >= 15 is 0 Å². The van der Waals surface area contributed by atoms with Gasteiger partial charge in [-0.2, -0.15) is 11.8 Å². The van der Waals surface area contributed by atoms with Crippen molar-refractivity contribution in [2.75, 3.05) is 34.8 Å². The number of unbranched alkanes of at least 4 members (excludes halogenated alkanes) is 1. The van der Waals surface area contributed by atoms with Crippen molar-refractivity contribution in [3.63, 3.8) is 0 Å². The zero-order chi connectivity index (χ0) is 14.3. The zero-order valence-corrected chi connectivity index (χ0v) is 13.5. The van der Waals surface area contributed by atoms with Crippen LogP contribution in [0.3, 0.4) is 0 Å². The minimum atomic E-state index is -3.30. The van der Waals surface area contributed by atoms with Gasteiger partial charge in [0.15, 0.2) is 0 Å². The fourth-order valence-electron chi connectivity index (χ4n) is 1.51. The number of anilines is 2. The molecule has 0 radical (unpaired) electrons. The molecule has 0 saturated carbocycles. The highest BCUT2D eigenvalue weighted by atomic mass is 35.5. The number of rotatable bonds is 8. The standard InChI is InChI=1S/C12H19ClN2O2S2/c1-18-8-4-3-7-14-10-5-6-12(11(13)9-10)15-19(2,16)17/h5-6,9,14-15H,3-4,7-8H2,1-2H3. The molecule has 0 amide bonds. The van der Waals surface area contributed by atoms with E-state index in [0.717, 1.165) is 24.9 Å². The van der Waals surface area contributed by atoms with E-state index in [0.29, 0.717) is 10.7 Å². The van der Waals surface area contributed by atoms with Crippen LogP contribution in [-0.4, -0.2) is 33.2 Å². The Morgan fingerprint density at radius 2 is 2.05 bits per heavy atom. The van der Waals surface area contributed by atoms with Crippen LogP contribution in [-0.2, 0) is 10.0 Å². The highest BCUT2D eigenvalue weighted by Crippen LogP contribution is 2.26. The molecule has 4 nitrogen and oxygen atoms in total.